The van der Waals surface area contributed by atoms with Crippen LogP contribution in [0.3, 0.4) is 0 Å². The van der Waals surface area contributed by atoms with Crippen LogP contribution in [0.4, 0.5) is 5.69 Å². The summed E-state index contributed by atoms with van der Waals surface area (Å²) in [4.78, 5) is 13.4. The zero-order chi connectivity index (χ0) is 15.2. The van der Waals surface area contributed by atoms with Gasteiger partial charge in [-0.05, 0) is 46.3 Å². The number of esters is 1. The molecule has 2 rings (SSSR count). The molecule has 21 heavy (non-hydrogen) atoms. The van der Waals surface area contributed by atoms with Gasteiger partial charge in [-0.3, -0.25) is 4.79 Å². The summed E-state index contributed by atoms with van der Waals surface area (Å²) in [6, 6.07) is 9.83. The highest BCUT2D eigenvalue weighted by Crippen LogP contribution is 2.28. The predicted molar refractivity (Wildman–Crippen MR) is 88.1 cm³/mol. The molecule has 0 spiro atoms. The van der Waals surface area contributed by atoms with Crippen LogP contribution >= 0.6 is 27.3 Å². The summed E-state index contributed by atoms with van der Waals surface area (Å²) in [7, 11) is 3.04. The fourth-order valence-electron chi connectivity index (χ4n) is 1.79. The van der Waals surface area contributed by atoms with Crippen molar-refractivity contribution in [2.45, 2.75) is 13.0 Å². The lowest BCUT2D eigenvalue weighted by atomic mass is 10.3. The number of thiophene rings is 1. The van der Waals surface area contributed by atoms with Gasteiger partial charge in [0.1, 0.15) is 5.75 Å². The van der Waals surface area contributed by atoms with Crippen molar-refractivity contribution in [2.24, 2.45) is 0 Å². The molecular formula is C15H16BrNO3S. The van der Waals surface area contributed by atoms with Gasteiger partial charge in [-0.15, -0.1) is 11.3 Å². The van der Waals surface area contributed by atoms with Gasteiger partial charge in [-0.1, -0.05) is 0 Å². The normalized spacial score (nSPS) is 10.2. The molecule has 0 saturated heterocycles. The minimum Gasteiger partial charge on any atom is -0.496 e. The van der Waals surface area contributed by atoms with E-state index in [4.69, 9.17) is 4.74 Å². The van der Waals surface area contributed by atoms with Crippen molar-refractivity contribution in [1.82, 2.24) is 0 Å². The lowest BCUT2D eigenvalue weighted by Crippen LogP contribution is -2.02. The lowest BCUT2D eigenvalue weighted by Gasteiger charge is -2.08. The molecule has 0 fully saturated rings. The number of methoxy groups -OCH3 is 2. The monoisotopic (exact) mass is 369 g/mol. The number of hydrogen-bond donors (Lipinski definition) is 1. The Morgan fingerprint density at radius 3 is 2.67 bits per heavy atom. The smallest absolute Gasteiger partial charge is 0.310 e. The number of benzene rings is 1. The maximum atomic E-state index is 11.2. The Labute approximate surface area is 136 Å². The molecule has 4 nitrogen and oxygen atoms in total. The average molecular weight is 370 g/mol. The van der Waals surface area contributed by atoms with Crippen molar-refractivity contribution >= 4 is 38.9 Å². The number of halogens is 1. The highest BCUT2D eigenvalue weighted by molar-refractivity contribution is 9.10. The Morgan fingerprint density at radius 2 is 2.00 bits per heavy atom. The molecule has 0 saturated carbocycles. The molecule has 0 aliphatic rings. The number of anilines is 1. The molecular weight excluding hydrogens is 354 g/mol. The van der Waals surface area contributed by atoms with Gasteiger partial charge in [0.15, 0.2) is 0 Å². The largest absolute Gasteiger partial charge is 0.496 e. The number of rotatable bonds is 6. The molecule has 0 aliphatic carbocycles. The van der Waals surface area contributed by atoms with E-state index >= 15 is 0 Å². The second-order valence-corrected chi connectivity index (χ2v) is 6.43. The fourth-order valence-corrected chi connectivity index (χ4v) is 3.28. The second kappa shape index (κ2) is 7.47. The van der Waals surface area contributed by atoms with E-state index in [9.17, 15) is 4.79 Å². The van der Waals surface area contributed by atoms with Crippen molar-refractivity contribution in [3.8, 4) is 5.75 Å². The van der Waals surface area contributed by atoms with Crippen LogP contribution < -0.4 is 10.1 Å². The molecule has 0 bridgehead atoms. The van der Waals surface area contributed by atoms with Gasteiger partial charge in [-0.2, -0.15) is 0 Å². The number of carbonyl (C=O) groups is 1. The van der Waals surface area contributed by atoms with Gasteiger partial charge in [0.05, 0.1) is 25.1 Å². The molecule has 1 aromatic carbocycles. The van der Waals surface area contributed by atoms with E-state index in [-0.39, 0.29) is 5.97 Å². The van der Waals surface area contributed by atoms with Gasteiger partial charge < -0.3 is 14.8 Å². The summed E-state index contributed by atoms with van der Waals surface area (Å²) in [6.45, 7) is 0.713. The molecule has 2 aromatic rings. The van der Waals surface area contributed by atoms with Crippen molar-refractivity contribution in [3.63, 3.8) is 0 Å². The van der Waals surface area contributed by atoms with Crippen LogP contribution in [0.15, 0.2) is 34.8 Å². The summed E-state index contributed by atoms with van der Waals surface area (Å²) in [5.74, 6) is 0.590. The molecule has 0 unspecified atom stereocenters. The highest BCUT2D eigenvalue weighted by atomic mass is 79.9. The summed E-state index contributed by atoms with van der Waals surface area (Å²) in [5.41, 5.74) is 1.01. The topological polar surface area (TPSA) is 47.6 Å². The van der Waals surface area contributed by atoms with Crippen LogP contribution in [0.1, 0.15) is 9.75 Å². The zero-order valence-corrected chi connectivity index (χ0v) is 14.2. The van der Waals surface area contributed by atoms with E-state index in [1.54, 1.807) is 18.4 Å². The Bertz CT molecular complexity index is 627. The van der Waals surface area contributed by atoms with Crippen molar-refractivity contribution in [3.05, 3.63) is 44.6 Å². The van der Waals surface area contributed by atoms with E-state index in [0.717, 1.165) is 20.8 Å². The molecule has 0 radical (unpaired) electrons. The Hall–Kier alpha value is -1.53. The summed E-state index contributed by atoms with van der Waals surface area (Å²) in [6.07, 6.45) is 0.329. The van der Waals surface area contributed by atoms with Crippen molar-refractivity contribution in [2.75, 3.05) is 19.5 Å². The second-order valence-electron chi connectivity index (χ2n) is 4.32. The first-order valence-corrected chi connectivity index (χ1v) is 7.95. The minimum absolute atomic E-state index is 0.213. The van der Waals surface area contributed by atoms with E-state index in [2.05, 4.69) is 26.0 Å². The standard InChI is InChI=1S/C15H16BrNO3S/c1-19-14-6-3-10(7-13(14)16)17-9-12-5-4-11(21-12)8-15(18)20-2/h3-7,17H,8-9H2,1-2H3. The summed E-state index contributed by atoms with van der Waals surface area (Å²) < 4.78 is 10.8. The van der Waals surface area contributed by atoms with E-state index in [0.29, 0.717) is 13.0 Å². The van der Waals surface area contributed by atoms with Crippen molar-refractivity contribution < 1.29 is 14.3 Å². The van der Waals surface area contributed by atoms with Gasteiger partial charge in [0, 0.05) is 22.0 Å². The van der Waals surface area contributed by atoms with Crippen LogP contribution in [-0.4, -0.2) is 20.2 Å². The van der Waals surface area contributed by atoms with Crippen LogP contribution in [0.5, 0.6) is 5.75 Å². The quantitative estimate of drug-likeness (QED) is 0.785. The average Bonchev–Trinajstić information content (AvgIpc) is 2.92. The summed E-state index contributed by atoms with van der Waals surface area (Å²) in [5, 5.41) is 3.34. The Kier molecular flexibility index (Phi) is 5.64. The lowest BCUT2D eigenvalue weighted by molar-refractivity contribution is -0.139. The highest BCUT2D eigenvalue weighted by Gasteiger charge is 2.07. The van der Waals surface area contributed by atoms with Gasteiger partial charge >= 0.3 is 5.97 Å². The van der Waals surface area contributed by atoms with E-state index < -0.39 is 0 Å². The Balaban J connectivity index is 1.94. The first kappa shape index (κ1) is 15.9. The number of nitrogens with one attached hydrogen (secondary N) is 1. The molecule has 0 amide bonds. The number of carbonyl (C=O) groups excluding carboxylic acids is 1. The molecule has 112 valence electrons. The third-order valence-electron chi connectivity index (χ3n) is 2.88. The molecule has 1 N–H and O–H groups in total. The molecule has 1 aromatic heterocycles. The Morgan fingerprint density at radius 1 is 1.24 bits per heavy atom. The molecule has 6 heteroatoms. The van der Waals surface area contributed by atoms with E-state index in [1.165, 1.54) is 12.0 Å². The van der Waals surface area contributed by atoms with Gasteiger partial charge in [0.2, 0.25) is 0 Å². The maximum absolute atomic E-state index is 11.2. The molecule has 0 atom stereocenters. The molecule has 1 heterocycles. The van der Waals surface area contributed by atoms with Crippen molar-refractivity contribution in [1.29, 1.82) is 0 Å². The maximum Gasteiger partial charge on any atom is 0.310 e. The summed E-state index contributed by atoms with van der Waals surface area (Å²) >= 11 is 5.07. The zero-order valence-electron chi connectivity index (χ0n) is 11.8. The minimum atomic E-state index is -0.213. The fraction of sp³-hybridized carbons (Fsp3) is 0.267. The van der Waals surface area contributed by atoms with Gasteiger partial charge in [0.25, 0.3) is 0 Å². The first-order valence-electron chi connectivity index (χ1n) is 6.34. The number of hydrogen-bond acceptors (Lipinski definition) is 5. The number of ether oxygens (including phenoxy) is 2. The van der Waals surface area contributed by atoms with E-state index in [1.807, 2.05) is 30.3 Å². The van der Waals surface area contributed by atoms with Crippen LogP contribution in [-0.2, 0) is 22.5 Å². The van der Waals surface area contributed by atoms with Crippen LogP contribution in [0, 0.1) is 0 Å². The van der Waals surface area contributed by atoms with Crippen LogP contribution in [0.25, 0.3) is 0 Å². The third-order valence-corrected chi connectivity index (χ3v) is 4.59. The van der Waals surface area contributed by atoms with Gasteiger partial charge in [-0.25, -0.2) is 0 Å². The van der Waals surface area contributed by atoms with Crippen LogP contribution in [0.2, 0.25) is 0 Å². The molecule has 0 aliphatic heterocycles. The first-order chi connectivity index (χ1) is 10.1. The SMILES string of the molecule is COC(=O)Cc1ccc(CNc2ccc(OC)c(Br)c2)s1. The third kappa shape index (κ3) is 4.47. The predicted octanol–water partition coefficient (Wildman–Crippen LogP) is 3.85.